The molecule has 1 unspecified atom stereocenters. The van der Waals surface area contributed by atoms with Gasteiger partial charge in [0.2, 0.25) is 0 Å². The number of fused-ring (bicyclic) bond motifs is 1. The number of aliphatic hydroxyl groups excluding tert-OH is 1. The zero-order valence-electron chi connectivity index (χ0n) is 13.4. The van der Waals surface area contributed by atoms with Crippen LogP contribution in [0, 0.1) is 0 Å². The van der Waals surface area contributed by atoms with Crippen LogP contribution < -0.4 is 10.1 Å². The average molecular weight is 311 g/mol. The van der Waals surface area contributed by atoms with Crippen LogP contribution in [0.4, 0.5) is 5.69 Å². The summed E-state index contributed by atoms with van der Waals surface area (Å²) in [6.07, 6.45) is 3.68. The van der Waals surface area contributed by atoms with Gasteiger partial charge >= 0.3 is 0 Å². The third kappa shape index (κ3) is 3.14. The SMILES string of the molecule is COc1ccc(C(C)Nc2cnn(CCO)c2)c2ccccc12. The van der Waals surface area contributed by atoms with E-state index in [-0.39, 0.29) is 12.6 Å². The second-order valence-corrected chi connectivity index (χ2v) is 5.48. The Morgan fingerprint density at radius 2 is 2.00 bits per heavy atom. The van der Waals surface area contributed by atoms with Crippen molar-refractivity contribution in [1.82, 2.24) is 9.78 Å². The summed E-state index contributed by atoms with van der Waals surface area (Å²) in [5.74, 6) is 0.882. The molecule has 0 saturated carbocycles. The molecule has 5 nitrogen and oxygen atoms in total. The van der Waals surface area contributed by atoms with E-state index in [0.717, 1.165) is 16.8 Å². The smallest absolute Gasteiger partial charge is 0.126 e. The van der Waals surface area contributed by atoms with Crippen LogP contribution in [0.15, 0.2) is 48.8 Å². The Balaban J connectivity index is 1.89. The van der Waals surface area contributed by atoms with Gasteiger partial charge in [0.15, 0.2) is 0 Å². The van der Waals surface area contributed by atoms with Crippen LogP contribution in [0.3, 0.4) is 0 Å². The molecule has 1 heterocycles. The standard InChI is InChI=1S/C18H21N3O2/c1-13(20-14-11-19-21(12-14)9-10-22)15-7-8-18(23-2)17-6-4-3-5-16(15)17/h3-8,11-13,20,22H,9-10H2,1-2H3. The van der Waals surface area contributed by atoms with Gasteiger partial charge in [0.1, 0.15) is 5.75 Å². The molecular weight excluding hydrogens is 290 g/mol. The highest BCUT2D eigenvalue weighted by Crippen LogP contribution is 2.32. The fourth-order valence-corrected chi connectivity index (χ4v) is 2.84. The minimum atomic E-state index is 0.0831. The number of benzene rings is 2. The number of hydrogen-bond donors (Lipinski definition) is 2. The first kappa shape index (κ1) is 15.4. The van der Waals surface area contributed by atoms with Gasteiger partial charge in [0.25, 0.3) is 0 Å². The van der Waals surface area contributed by atoms with Crippen molar-refractivity contribution in [3.63, 3.8) is 0 Å². The van der Waals surface area contributed by atoms with E-state index in [0.29, 0.717) is 6.54 Å². The summed E-state index contributed by atoms with van der Waals surface area (Å²) in [6, 6.07) is 12.5. The summed E-state index contributed by atoms with van der Waals surface area (Å²) < 4.78 is 7.18. The molecule has 0 fully saturated rings. The predicted octanol–water partition coefficient (Wildman–Crippen LogP) is 3.21. The van der Waals surface area contributed by atoms with Gasteiger partial charge in [-0.1, -0.05) is 30.3 Å². The average Bonchev–Trinajstić information content (AvgIpc) is 3.01. The van der Waals surface area contributed by atoms with Gasteiger partial charge in [-0.05, 0) is 23.9 Å². The van der Waals surface area contributed by atoms with Crippen molar-refractivity contribution in [3.8, 4) is 5.75 Å². The maximum atomic E-state index is 8.96. The zero-order chi connectivity index (χ0) is 16.2. The zero-order valence-corrected chi connectivity index (χ0v) is 13.4. The quantitative estimate of drug-likeness (QED) is 0.734. The van der Waals surface area contributed by atoms with Gasteiger partial charge in [0, 0.05) is 17.6 Å². The van der Waals surface area contributed by atoms with E-state index in [2.05, 4.69) is 35.5 Å². The van der Waals surface area contributed by atoms with Gasteiger partial charge in [0.05, 0.1) is 32.1 Å². The normalized spacial score (nSPS) is 12.3. The maximum absolute atomic E-state index is 8.96. The van der Waals surface area contributed by atoms with Gasteiger partial charge in [-0.15, -0.1) is 0 Å². The van der Waals surface area contributed by atoms with Crippen molar-refractivity contribution in [2.45, 2.75) is 19.5 Å². The molecule has 23 heavy (non-hydrogen) atoms. The van der Waals surface area contributed by atoms with E-state index in [1.54, 1.807) is 18.0 Å². The van der Waals surface area contributed by atoms with Crippen LogP contribution in [0.25, 0.3) is 10.8 Å². The molecule has 2 N–H and O–H groups in total. The Morgan fingerprint density at radius 3 is 2.74 bits per heavy atom. The highest BCUT2D eigenvalue weighted by atomic mass is 16.5. The summed E-state index contributed by atoms with van der Waals surface area (Å²) in [6.45, 7) is 2.71. The van der Waals surface area contributed by atoms with Crippen LogP contribution >= 0.6 is 0 Å². The van der Waals surface area contributed by atoms with E-state index in [1.165, 1.54) is 10.9 Å². The molecule has 0 aliphatic rings. The van der Waals surface area contributed by atoms with Crippen molar-refractivity contribution in [1.29, 1.82) is 0 Å². The number of aliphatic hydroxyl groups is 1. The first-order chi connectivity index (χ1) is 11.2. The summed E-state index contributed by atoms with van der Waals surface area (Å²) in [7, 11) is 1.69. The topological polar surface area (TPSA) is 59.3 Å². The van der Waals surface area contributed by atoms with Gasteiger partial charge in [-0.2, -0.15) is 5.10 Å². The van der Waals surface area contributed by atoms with Crippen molar-refractivity contribution in [2.24, 2.45) is 0 Å². The molecule has 0 amide bonds. The molecule has 0 saturated heterocycles. The highest BCUT2D eigenvalue weighted by molar-refractivity contribution is 5.91. The largest absolute Gasteiger partial charge is 0.496 e. The number of methoxy groups -OCH3 is 1. The first-order valence-corrected chi connectivity index (χ1v) is 7.68. The molecule has 5 heteroatoms. The van der Waals surface area contributed by atoms with E-state index in [9.17, 15) is 0 Å². The minimum absolute atomic E-state index is 0.0831. The lowest BCUT2D eigenvalue weighted by Crippen LogP contribution is -2.07. The van der Waals surface area contributed by atoms with E-state index in [1.807, 2.05) is 24.4 Å². The summed E-state index contributed by atoms with van der Waals surface area (Å²) >= 11 is 0. The molecular formula is C18H21N3O2. The molecule has 3 rings (SSSR count). The van der Waals surface area contributed by atoms with Crippen LogP contribution in [0.2, 0.25) is 0 Å². The third-order valence-electron chi connectivity index (χ3n) is 3.95. The first-order valence-electron chi connectivity index (χ1n) is 7.68. The van der Waals surface area contributed by atoms with Crippen LogP contribution in [0.5, 0.6) is 5.75 Å². The second kappa shape index (κ2) is 6.71. The Hall–Kier alpha value is -2.53. The molecule has 3 aromatic rings. The third-order valence-corrected chi connectivity index (χ3v) is 3.95. The molecule has 0 aliphatic heterocycles. The molecule has 120 valence electrons. The summed E-state index contributed by atoms with van der Waals surface area (Å²) in [5.41, 5.74) is 2.14. The predicted molar refractivity (Wildman–Crippen MR) is 91.9 cm³/mol. The number of rotatable bonds is 6. The molecule has 0 radical (unpaired) electrons. The maximum Gasteiger partial charge on any atom is 0.126 e. The molecule has 1 aromatic heterocycles. The Morgan fingerprint density at radius 1 is 1.22 bits per heavy atom. The van der Waals surface area contributed by atoms with Gasteiger partial charge in [-0.25, -0.2) is 0 Å². The number of nitrogens with zero attached hydrogens (tertiary/aromatic N) is 2. The minimum Gasteiger partial charge on any atom is -0.496 e. The Labute approximate surface area is 135 Å². The monoisotopic (exact) mass is 311 g/mol. The van der Waals surface area contributed by atoms with Crippen LogP contribution in [0.1, 0.15) is 18.5 Å². The Bertz CT molecular complexity index is 798. The molecule has 0 aliphatic carbocycles. The molecule has 0 spiro atoms. The van der Waals surface area contributed by atoms with Crippen LogP contribution in [-0.2, 0) is 6.54 Å². The van der Waals surface area contributed by atoms with Crippen molar-refractivity contribution in [3.05, 3.63) is 54.4 Å². The number of anilines is 1. The fraction of sp³-hybridized carbons (Fsp3) is 0.278. The van der Waals surface area contributed by atoms with Gasteiger partial charge < -0.3 is 15.2 Å². The molecule has 2 aromatic carbocycles. The summed E-state index contributed by atoms with van der Waals surface area (Å²) in [4.78, 5) is 0. The van der Waals surface area contributed by atoms with Crippen molar-refractivity contribution in [2.75, 3.05) is 19.0 Å². The lowest BCUT2D eigenvalue weighted by atomic mass is 9.99. The van der Waals surface area contributed by atoms with Crippen LogP contribution in [-0.4, -0.2) is 28.6 Å². The highest BCUT2D eigenvalue weighted by Gasteiger charge is 2.12. The van der Waals surface area contributed by atoms with Gasteiger partial charge in [-0.3, -0.25) is 4.68 Å². The number of hydrogen-bond acceptors (Lipinski definition) is 4. The molecule has 0 bridgehead atoms. The Kier molecular flexibility index (Phi) is 4.48. The fourth-order valence-electron chi connectivity index (χ4n) is 2.84. The van der Waals surface area contributed by atoms with Crippen molar-refractivity contribution < 1.29 is 9.84 Å². The van der Waals surface area contributed by atoms with Crippen molar-refractivity contribution >= 4 is 16.5 Å². The van der Waals surface area contributed by atoms with E-state index >= 15 is 0 Å². The number of nitrogens with one attached hydrogen (secondary N) is 1. The summed E-state index contributed by atoms with van der Waals surface area (Å²) in [5, 5.41) is 18.9. The number of ether oxygens (including phenoxy) is 1. The number of aromatic nitrogens is 2. The lowest BCUT2D eigenvalue weighted by Gasteiger charge is -2.18. The van der Waals surface area contributed by atoms with E-state index in [4.69, 9.17) is 9.84 Å². The molecule has 1 atom stereocenters. The lowest BCUT2D eigenvalue weighted by molar-refractivity contribution is 0.269. The van der Waals surface area contributed by atoms with E-state index < -0.39 is 0 Å². The second-order valence-electron chi connectivity index (χ2n) is 5.48.